The van der Waals surface area contributed by atoms with E-state index >= 15 is 0 Å². The predicted octanol–water partition coefficient (Wildman–Crippen LogP) is 1.85. The maximum Gasteiger partial charge on any atom is 0.201 e. The molecular formula is C13H14FN5. The van der Waals surface area contributed by atoms with Crippen LogP contribution >= 0.6 is 0 Å². The van der Waals surface area contributed by atoms with Gasteiger partial charge in [-0.2, -0.15) is 5.10 Å². The van der Waals surface area contributed by atoms with Crippen LogP contribution in [0.5, 0.6) is 0 Å². The predicted molar refractivity (Wildman–Crippen MR) is 71.2 cm³/mol. The SMILES string of the molecule is Cc1cc2c(cc1F)nc(N)n2Cc1cnn(C)c1. The minimum absolute atomic E-state index is 0.265. The Morgan fingerprint density at radius 2 is 2.16 bits per heavy atom. The van der Waals surface area contributed by atoms with Gasteiger partial charge in [0.2, 0.25) is 5.95 Å². The lowest BCUT2D eigenvalue weighted by Crippen LogP contribution is -2.04. The molecule has 0 fully saturated rings. The molecule has 98 valence electrons. The standard InChI is InChI=1S/C13H14FN5/c1-8-3-12-11(4-10(8)14)17-13(15)19(12)7-9-5-16-18(2)6-9/h3-6H,7H2,1-2H3,(H2,15,17). The minimum atomic E-state index is -0.265. The molecule has 0 aliphatic heterocycles. The third kappa shape index (κ3) is 1.95. The summed E-state index contributed by atoms with van der Waals surface area (Å²) in [5.41, 5.74) is 8.92. The zero-order chi connectivity index (χ0) is 13.6. The van der Waals surface area contributed by atoms with Crippen molar-refractivity contribution in [3.05, 3.63) is 41.5 Å². The highest BCUT2D eigenvalue weighted by atomic mass is 19.1. The Bertz CT molecular complexity index is 756. The highest BCUT2D eigenvalue weighted by Crippen LogP contribution is 2.22. The number of benzene rings is 1. The van der Waals surface area contributed by atoms with Crippen LogP contribution in [0.25, 0.3) is 11.0 Å². The molecule has 3 aromatic rings. The highest BCUT2D eigenvalue weighted by molar-refractivity contribution is 5.79. The van der Waals surface area contributed by atoms with E-state index in [1.807, 2.05) is 17.8 Å². The summed E-state index contributed by atoms with van der Waals surface area (Å²) in [4.78, 5) is 4.19. The second-order valence-corrected chi connectivity index (χ2v) is 4.67. The summed E-state index contributed by atoms with van der Waals surface area (Å²) < 4.78 is 17.1. The van der Waals surface area contributed by atoms with Gasteiger partial charge in [-0.15, -0.1) is 0 Å². The molecule has 0 aliphatic carbocycles. The van der Waals surface area contributed by atoms with Gasteiger partial charge in [-0.05, 0) is 18.6 Å². The van der Waals surface area contributed by atoms with Crippen LogP contribution < -0.4 is 5.73 Å². The number of nitrogens with zero attached hydrogens (tertiary/aromatic N) is 4. The van der Waals surface area contributed by atoms with E-state index in [2.05, 4.69) is 10.1 Å². The van der Waals surface area contributed by atoms with Gasteiger partial charge in [-0.3, -0.25) is 4.68 Å². The zero-order valence-corrected chi connectivity index (χ0v) is 10.8. The third-order valence-electron chi connectivity index (χ3n) is 3.16. The monoisotopic (exact) mass is 259 g/mol. The molecule has 19 heavy (non-hydrogen) atoms. The molecule has 5 nitrogen and oxygen atoms in total. The maximum absolute atomic E-state index is 13.5. The largest absolute Gasteiger partial charge is 0.369 e. The molecule has 0 unspecified atom stereocenters. The Morgan fingerprint density at radius 3 is 2.84 bits per heavy atom. The molecule has 2 heterocycles. The fourth-order valence-corrected chi connectivity index (χ4v) is 2.17. The van der Waals surface area contributed by atoms with Crippen molar-refractivity contribution in [1.82, 2.24) is 19.3 Å². The summed E-state index contributed by atoms with van der Waals surface area (Å²) in [6, 6.07) is 3.19. The lowest BCUT2D eigenvalue weighted by atomic mass is 10.2. The Hall–Kier alpha value is -2.37. The normalized spacial score (nSPS) is 11.3. The lowest BCUT2D eigenvalue weighted by molar-refractivity contribution is 0.620. The molecule has 0 amide bonds. The Labute approximate surface area is 109 Å². The number of halogens is 1. The first-order valence-electron chi connectivity index (χ1n) is 5.94. The van der Waals surface area contributed by atoms with E-state index in [4.69, 9.17) is 5.73 Å². The molecule has 0 atom stereocenters. The van der Waals surface area contributed by atoms with Gasteiger partial charge in [0.1, 0.15) is 5.82 Å². The number of hydrogen-bond donors (Lipinski definition) is 1. The molecule has 0 spiro atoms. The van der Waals surface area contributed by atoms with E-state index in [0.717, 1.165) is 11.1 Å². The van der Waals surface area contributed by atoms with Gasteiger partial charge in [-0.1, -0.05) is 0 Å². The van der Waals surface area contributed by atoms with Gasteiger partial charge in [-0.25, -0.2) is 9.37 Å². The molecule has 0 aliphatic rings. The van der Waals surface area contributed by atoms with Crippen LogP contribution in [0, 0.1) is 12.7 Å². The average Bonchev–Trinajstić information content (AvgIpc) is 2.87. The quantitative estimate of drug-likeness (QED) is 0.764. The van der Waals surface area contributed by atoms with Crippen molar-refractivity contribution in [2.24, 2.45) is 7.05 Å². The Balaban J connectivity index is 2.12. The molecule has 2 N–H and O–H groups in total. The smallest absolute Gasteiger partial charge is 0.201 e. The van der Waals surface area contributed by atoms with Crippen molar-refractivity contribution in [2.45, 2.75) is 13.5 Å². The Kier molecular flexibility index (Phi) is 2.51. The molecule has 2 aromatic heterocycles. The van der Waals surface area contributed by atoms with Crippen LogP contribution in [0.2, 0.25) is 0 Å². The van der Waals surface area contributed by atoms with Gasteiger partial charge >= 0.3 is 0 Å². The summed E-state index contributed by atoms with van der Waals surface area (Å²) in [6.45, 7) is 2.30. The third-order valence-corrected chi connectivity index (χ3v) is 3.16. The lowest BCUT2D eigenvalue weighted by Gasteiger charge is -2.05. The number of aryl methyl sites for hydroxylation is 2. The van der Waals surface area contributed by atoms with Gasteiger partial charge < -0.3 is 10.3 Å². The van der Waals surface area contributed by atoms with Gasteiger partial charge in [0.25, 0.3) is 0 Å². The molecule has 0 radical (unpaired) electrons. The first-order chi connectivity index (χ1) is 9.04. The van der Waals surface area contributed by atoms with Crippen molar-refractivity contribution in [3.8, 4) is 0 Å². The molecule has 0 saturated heterocycles. The number of aromatic nitrogens is 4. The molecule has 6 heteroatoms. The second-order valence-electron chi connectivity index (χ2n) is 4.67. The molecular weight excluding hydrogens is 245 g/mol. The molecule has 0 saturated carbocycles. The van der Waals surface area contributed by atoms with Crippen LogP contribution in [0.3, 0.4) is 0 Å². The summed E-state index contributed by atoms with van der Waals surface area (Å²) in [7, 11) is 1.86. The van der Waals surface area contributed by atoms with Crippen molar-refractivity contribution in [3.63, 3.8) is 0 Å². The van der Waals surface area contributed by atoms with Crippen molar-refractivity contribution in [2.75, 3.05) is 5.73 Å². The molecule has 1 aromatic carbocycles. The van der Waals surface area contributed by atoms with Gasteiger partial charge in [0, 0.05) is 24.9 Å². The number of nitrogen functional groups attached to an aromatic ring is 1. The first kappa shape index (κ1) is 11.7. The van der Waals surface area contributed by atoms with Crippen LogP contribution in [0.15, 0.2) is 24.5 Å². The first-order valence-corrected chi connectivity index (χ1v) is 5.94. The topological polar surface area (TPSA) is 61.7 Å². The molecule has 3 rings (SSSR count). The summed E-state index contributed by atoms with van der Waals surface area (Å²) >= 11 is 0. The number of nitrogens with two attached hydrogens (primary N) is 1. The van der Waals surface area contributed by atoms with Crippen molar-refractivity contribution in [1.29, 1.82) is 0 Å². The average molecular weight is 259 g/mol. The number of fused-ring (bicyclic) bond motifs is 1. The van der Waals surface area contributed by atoms with Crippen LogP contribution in [0.4, 0.5) is 10.3 Å². The molecule has 0 bridgehead atoms. The van der Waals surface area contributed by atoms with E-state index in [1.54, 1.807) is 23.9 Å². The van der Waals surface area contributed by atoms with Crippen molar-refractivity contribution < 1.29 is 4.39 Å². The highest BCUT2D eigenvalue weighted by Gasteiger charge is 2.11. The number of rotatable bonds is 2. The second kappa shape index (κ2) is 4.08. The van der Waals surface area contributed by atoms with Gasteiger partial charge in [0.15, 0.2) is 0 Å². The Morgan fingerprint density at radius 1 is 1.37 bits per heavy atom. The summed E-state index contributed by atoms with van der Waals surface area (Å²) in [5, 5.41) is 4.12. The fourth-order valence-electron chi connectivity index (χ4n) is 2.17. The van der Waals surface area contributed by atoms with Crippen LogP contribution in [-0.2, 0) is 13.6 Å². The van der Waals surface area contributed by atoms with Gasteiger partial charge in [0.05, 0.1) is 23.8 Å². The zero-order valence-electron chi connectivity index (χ0n) is 10.8. The van der Waals surface area contributed by atoms with E-state index in [0.29, 0.717) is 23.6 Å². The number of hydrogen-bond acceptors (Lipinski definition) is 3. The van der Waals surface area contributed by atoms with E-state index in [-0.39, 0.29) is 5.82 Å². The summed E-state index contributed by atoms with van der Waals surface area (Å²) in [6.07, 6.45) is 3.70. The van der Waals surface area contributed by atoms with E-state index in [1.165, 1.54) is 6.07 Å². The fraction of sp³-hybridized carbons (Fsp3) is 0.231. The number of imidazole rings is 1. The van der Waals surface area contributed by atoms with E-state index < -0.39 is 0 Å². The minimum Gasteiger partial charge on any atom is -0.369 e. The number of anilines is 1. The van der Waals surface area contributed by atoms with E-state index in [9.17, 15) is 4.39 Å². The summed E-state index contributed by atoms with van der Waals surface area (Å²) in [5.74, 6) is 0.113. The van der Waals surface area contributed by atoms with Crippen molar-refractivity contribution >= 4 is 17.0 Å². The van der Waals surface area contributed by atoms with Crippen LogP contribution in [0.1, 0.15) is 11.1 Å². The van der Waals surface area contributed by atoms with Crippen LogP contribution in [-0.4, -0.2) is 19.3 Å². The maximum atomic E-state index is 13.5.